The molecule has 0 aliphatic rings. The number of carbonyl (C=O) groups excluding carboxylic acids is 1. The van der Waals surface area contributed by atoms with Crippen molar-refractivity contribution in [3.05, 3.63) is 23.4 Å². The predicted molar refractivity (Wildman–Crippen MR) is 75.4 cm³/mol. The molecule has 0 saturated carbocycles. The molecule has 0 spiro atoms. The van der Waals surface area contributed by atoms with Gasteiger partial charge in [0.15, 0.2) is 6.29 Å². The van der Waals surface area contributed by atoms with Crippen molar-refractivity contribution in [3.63, 3.8) is 0 Å². The van der Waals surface area contributed by atoms with Crippen LogP contribution in [-0.4, -0.2) is 49.9 Å². The van der Waals surface area contributed by atoms with E-state index in [2.05, 4.69) is 35.8 Å². The van der Waals surface area contributed by atoms with Crippen LogP contribution in [0.15, 0.2) is 12.3 Å². The summed E-state index contributed by atoms with van der Waals surface area (Å²) in [7, 11) is 4.16. The number of hydrogen-bond acceptors (Lipinski definition) is 4. The van der Waals surface area contributed by atoms with Gasteiger partial charge in [-0.15, -0.1) is 0 Å². The number of anilines is 1. The first-order chi connectivity index (χ1) is 8.58. The van der Waals surface area contributed by atoms with E-state index in [0.29, 0.717) is 5.56 Å². The molecular formula is C14H23N3O. The number of aldehydes is 1. The van der Waals surface area contributed by atoms with Crippen LogP contribution in [0.4, 0.5) is 5.82 Å². The number of hydrogen-bond donors (Lipinski definition) is 0. The Morgan fingerprint density at radius 3 is 2.56 bits per heavy atom. The van der Waals surface area contributed by atoms with E-state index in [4.69, 9.17) is 0 Å². The van der Waals surface area contributed by atoms with Gasteiger partial charge in [-0.25, -0.2) is 4.98 Å². The molecule has 4 nitrogen and oxygen atoms in total. The maximum Gasteiger partial charge on any atom is 0.151 e. The van der Waals surface area contributed by atoms with E-state index in [1.54, 1.807) is 6.20 Å². The van der Waals surface area contributed by atoms with E-state index in [1.807, 2.05) is 13.0 Å². The Labute approximate surface area is 110 Å². The molecule has 0 aliphatic carbocycles. The fraction of sp³-hybridized carbons (Fsp3) is 0.571. The topological polar surface area (TPSA) is 36.4 Å². The largest absolute Gasteiger partial charge is 0.357 e. The van der Waals surface area contributed by atoms with Crippen LogP contribution < -0.4 is 4.90 Å². The van der Waals surface area contributed by atoms with Gasteiger partial charge < -0.3 is 9.80 Å². The second kappa shape index (κ2) is 7.11. The fourth-order valence-corrected chi connectivity index (χ4v) is 1.98. The quantitative estimate of drug-likeness (QED) is 0.692. The molecule has 0 aromatic carbocycles. The predicted octanol–water partition coefficient (Wildman–Crippen LogP) is 1.98. The van der Waals surface area contributed by atoms with E-state index in [-0.39, 0.29) is 0 Å². The second-order valence-corrected chi connectivity index (χ2v) is 4.76. The maximum atomic E-state index is 10.7. The van der Waals surface area contributed by atoms with E-state index in [1.165, 1.54) is 0 Å². The molecule has 1 aromatic rings. The van der Waals surface area contributed by atoms with Crippen LogP contribution >= 0.6 is 0 Å². The highest BCUT2D eigenvalue weighted by molar-refractivity contribution is 5.75. The van der Waals surface area contributed by atoms with Crippen LogP contribution in [0.5, 0.6) is 0 Å². The van der Waals surface area contributed by atoms with Crippen molar-refractivity contribution in [2.75, 3.05) is 38.6 Å². The zero-order valence-corrected chi connectivity index (χ0v) is 11.8. The first-order valence-electron chi connectivity index (χ1n) is 6.40. The average molecular weight is 249 g/mol. The van der Waals surface area contributed by atoms with Crippen molar-refractivity contribution >= 4 is 12.1 Å². The molecule has 0 amide bonds. The minimum atomic E-state index is 0.639. The van der Waals surface area contributed by atoms with Gasteiger partial charge in [-0.3, -0.25) is 4.79 Å². The van der Waals surface area contributed by atoms with Gasteiger partial charge in [0.1, 0.15) is 5.82 Å². The molecule has 0 atom stereocenters. The highest BCUT2D eigenvalue weighted by Crippen LogP contribution is 2.17. The van der Waals surface area contributed by atoms with Gasteiger partial charge in [0, 0.05) is 24.8 Å². The van der Waals surface area contributed by atoms with Gasteiger partial charge in [-0.1, -0.05) is 0 Å². The maximum absolute atomic E-state index is 10.7. The van der Waals surface area contributed by atoms with Crippen molar-refractivity contribution in [1.29, 1.82) is 0 Å². The van der Waals surface area contributed by atoms with Gasteiger partial charge in [-0.05, 0) is 52.5 Å². The molecule has 1 rings (SSSR count). The van der Waals surface area contributed by atoms with E-state index in [9.17, 15) is 4.79 Å². The zero-order chi connectivity index (χ0) is 13.5. The summed E-state index contributed by atoms with van der Waals surface area (Å²) >= 11 is 0. The van der Waals surface area contributed by atoms with Gasteiger partial charge in [0.2, 0.25) is 0 Å². The minimum absolute atomic E-state index is 0.639. The Morgan fingerprint density at radius 1 is 1.33 bits per heavy atom. The first-order valence-corrected chi connectivity index (χ1v) is 6.40. The summed E-state index contributed by atoms with van der Waals surface area (Å²) in [5, 5.41) is 0. The van der Waals surface area contributed by atoms with Crippen LogP contribution in [0.2, 0.25) is 0 Å². The van der Waals surface area contributed by atoms with Crippen molar-refractivity contribution in [1.82, 2.24) is 9.88 Å². The summed E-state index contributed by atoms with van der Waals surface area (Å²) in [5.41, 5.74) is 1.70. The van der Waals surface area contributed by atoms with Gasteiger partial charge in [0.25, 0.3) is 0 Å². The van der Waals surface area contributed by atoms with E-state index >= 15 is 0 Å². The van der Waals surface area contributed by atoms with Crippen LogP contribution in [0, 0.1) is 6.92 Å². The van der Waals surface area contributed by atoms with Crippen molar-refractivity contribution in [3.8, 4) is 0 Å². The third-order valence-corrected chi connectivity index (χ3v) is 2.92. The molecule has 0 N–H and O–H groups in total. The molecule has 0 aliphatic heterocycles. The number of aromatic nitrogens is 1. The number of rotatable bonds is 7. The Hall–Kier alpha value is -1.42. The van der Waals surface area contributed by atoms with Crippen LogP contribution in [0.25, 0.3) is 0 Å². The van der Waals surface area contributed by atoms with Gasteiger partial charge >= 0.3 is 0 Å². The lowest BCUT2D eigenvalue weighted by Crippen LogP contribution is -2.28. The third-order valence-electron chi connectivity index (χ3n) is 2.92. The lowest BCUT2D eigenvalue weighted by atomic mass is 10.2. The molecule has 0 saturated heterocycles. The molecule has 18 heavy (non-hydrogen) atoms. The molecule has 0 radical (unpaired) electrons. The summed E-state index contributed by atoms with van der Waals surface area (Å²) in [6.07, 6.45) is 3.59. The number of aryl methyl sites for hydroxylation is 1. The second-order valence-electron chi connectivity index (χ2n) is 4.76. The monoisotopic (exact) mass is 249 g/mol. The standard InChI is InChI=1S/C14H23N3O/c1-5-17(8-6-7-16(3)4)14-12(2)9-13(11-18)10-15-14/h9-11H,5-8H2,1-4H3. The lowest BCUT2D eigenvalue weighted by Gasteiger charge is -2.24. The number of carbonyl (C=O) groups is 1. The molecule has 4 heteroatoms. The van der Waals surface area contributed by atoms with E-state index < -0.39 is 0 Å². The summed E-state index contributed by atoms with van der Waals surface area (Å²) in [6.45, 7) is 7.13. The van der Waals surface area contributed by atoms with Crippen molar-refractivity contribution in [2.45, 2.75) is 20.3 Å². The summed E-state index contributed by atoms with van der Waals surface area (Å²) in [4.78, 5) is 19.5. The number of pyridine rings is 1. The Bertz CT molecular complexity index is 391. The highest BCUT2D eigenvalue weighted by Gasteiger charge is 2.09. The van der Waals surface area contributed by atoms with Crippen molar-refractivity contribution in [2.24, 2.45) is 0 Å². The third kappa shape index (κ3) is 4.11. The molecule has 1 heterocycles. The number of nitrogens with zero attached hydrogens (tertiary/aromatic N) is 3. The van der Waals surface area contributed by atoms with Gasteiger partial charge in [0.05, 0.1) is 0 Å². The van der Waals surface area contributed by atoms with Crippen LogP contribution in [0.3, 0.4) is 0 Å². The Kier molecular flexibility index (Phi) is 5.78. The molecule has 100 valence electrons. The Morgan fingerprint density at radius 2 is 2.06 bits per heavy atom. The smallest absolute Gasteiger partial charge is 0.151 e. The molecule has 0 unspecified atom stereocenters. The van der Waals surface area contributed by atoms with Crippen molar-refractivity contribution < 1.29 is 4.79 Å². The summed E-state index contributed by atoms with van der Waals surface area (Å²) in [5.74, 6) is 0.988. The van der Waals surface area contributed by atoms with Gasteiger partial charge in [-0.2, -0.15) is 0 Å². The normalized spacial score (nSPS) is 10.7. The van der Waals surface area contributed by atoms with Crippen LogP contribution in [-0.2, 0) is 0 Å². The molecule has 1 aromatic heterocycles. The van der Waals surface area contributed by atoms with E-state index in [0.717, 1.165) is 43.7 Å². The highest BCUT2D eigenvalue weighted by atomic mass is 16.1. The fourth-order valence-electron chi connectivity index (χ4n) is 1.98. The Balaban J connectivity index is 2.72. The minimum Gasteiger partial charge on any atom is -0.357 e. The average Bonchev–Trinajstić information content (AvgIpc) is 2.35. The summed E-state index contributed by atoms with van der Waals surface area (Å²) < 4.78 is 0. The molecule has 0 fully saturated rings. The molecule has 0 bridgehead atoms. The first kappa shape index (κ1) is 14.6. The SMILES string of the molecule is CCN(CCCN(C)C)c1ncc(C=O)cc1C. The zero-order valence-electron chi connectivity index (χ0n) is 11.8. The van der Waals surface area contributed by atoms with Crippen LogP contribution in [0.1, 0.15) is 29.3 Å². The lowest BCUT2D eigenvalue weighted by molar-refractivity contribution is 0.112. The summed E-state index contributed by atoms with van der Waals surface area (Å²) in [6, 6.07) is 1.89. The molecular weight excluding hydrogens is 226 g/mol.